The molecule has 0 spiro atoms. The Labute approximate surface area is 142 Å². The number of aromatic amines is 2. The molecule has 0 bridgehead atoms. The number of halogens is 2. The van der Waals surface area contributed by atoms with Gasteiger partial charge in [-0.1, -0.05) is 6.07 Å². The van der Waals surface area contributed by atoms with Crippen LogP contribution in [0.15, 0.2) is 35.1 Å². The van der Waals surface area contributed by atoms with Gasteiger partial charge in [0, 0.05) is 5.56 Å². The van der Waals surface area contributed by atoms with Crippen molar-refractivity contribution in [1.29, 1.82) is 0 Å². The van der Waals surface area contributed by atoms with E-state index in [0.717, 1.165) is 12.1 Å². The number of hydrogen-bond donors (Lipinski definition) is 4. The molecule has 0 aliphatic heterocycles. The Bertz CT molecular complexity index is 1250. The number of benzene rings is 2. The molecule has 0 unspecified atom stereocenters. The van der Waals surface area contributed by atoms with Crippen molar-refractivity contribution in [2.45, 2.75) is 0 Å². The summed E-state index contributed by atoms with van der Waals surface area (Å²) in [4.78, 5) is 29.3. The van der Waals surface area contributed by atoms with E-state index >= 15 is 0 Å². The molecule has 4 rings (SSSR count). The number of nitrogens with zero attached hydrogens (tertiary/aromatic N) is 2. The van der Waals surface area contributed by atoms with Crippen LogP contribution in [0.25, 0.3) is 33.1 Å². The van der Waals surface area contributed by atoms with Gasteiger partial charge < -0.3 is 10.1 Å². The number of amides is 1. The second-order valence-electron chi connectivity index (χ2n) is 5.43. The summed E-state index contributed by atoms with van der Waals surface area (Å²) in [7, 11) is 0. The average molecular weight is 357 g/mol. The van der Waals surface area contributed by atoms with Gasteiger partial charge >= 0.3 is 6.09 Å². The molecule has 1 amide bonds. The molecule has 0 aliphatic carbocycles. The summed E-state index contributed by atoms with van der Waals surface area (Å²) in [6.07, 6.45) is -1.28. The van der Waals surface area contributed by atoms with Crippen LogP contribution < -0.4 is 10.9 Å². The molecule has 0 aliphatic rings. The molecule has 130 valence electrons. The van der Waals surface area contributed by atoms with Gasteiger partial charge in [0.2, 0.25) is 5.95 Å². The van der Waals surface area contributed by atoms with E-state index in [2.05, 4.69) is 25.5 Å². The summed E-state index contributed by atoms with van der Waals surface area (Å²) >= 11 is 0. The Morgan fingerprint density at radius 3 is 2.58 bits per heavy atom. The average Bonchev–Trinajstić information content (AvgIpc) is 2.98. The fourth-order valence-corrected chi connectivity index (χ4v) is 2.75. The van der Waals surface area contributed by atoms with Gasteiger partial charge in [0.15, 0.2) is 0 Å². The first-order valence-corrected chi connectivity index (χ1v) is 7.30. The van der Waals surface area contributed by atoms with Gasteiger partial charge in [0.25, 0.3) is 5.56 Å². The van der Waals surface area contributed by atoms with E-state index in [4.69, 9.17) is 5.11 Å². The highest BCUT2D eigenvalue weighted by molar-refractivity contribution is 5.96. The van der Waals surface area contributed by atoms with E-state index in [1.54, 1.807) is 18.2 Å². The predicted octanol–water partition coefficient (Wildman–Crippen LogP) is 2.83. The molecule has 4 aromatic rings. The topological polar surface area (TPSA) is 124 Å². The molecular formula is C16H9F2N5O3. The Balaban J connectivity index is 1.95. The SMILES string of the molecule is O=C(O)Nc1nc2ccc(-c3n[nH]c(=O)c4c(F)ccc(F)c34)cc2[nH]1. The molecule has 8 nitrogen and oxygen atoms in total. The van der Waals surface area contributed by atoms with Gasteiger partial charge in [-0.25, -0.2) is 23.7 Å². The molecule has 0 radical (unpaired) electrons. The monoisotopic (exact) mass is 357 g/mol. The number of carbonyl (C=O) groups is 1. The first-order valence-electron chi connectivity index (χ1n) is 7.30. The Morgan fingerprint density at radius 1 is 1.12 bits per heavy atom. The molecule has 26 heavy (non-hydrogen) atoms. The number of imidazole rings is 1. The molecule has 0 saturated carbocycles. The molecule has 4 N–H and O–H groups in total. The van der Waals surface area contributed by atoms with Gasteiger partial charge in [0.05, 0.1) is 21.8 Å². The third-order valence-electron chi connectivity index (χ3n) is 3.82. The summed E-state index contributed by atoms with van der Waals surface area (Å²) in [5, 5.41) is 16.2. The van der Waals surface area contributed by atoms with Crippen LogP contribution in [0.5, 0.6) is 0 Å². The van der Waals surface area contributed by atoms with Crippen LogP contribution in [0.2, 0.25) is 0 Å². The van der Waals surface area contributed by atoms with Crippen LogP contribution >= 0.6 is 0 Å². The fourth-order valence-electron chi connectivity index (χ4n) is 2.75. The van der Waals surface area contributed by atoms with Crippen molar-refractivity contribution in [3.8, 4) is 11.3 Å². The second kappa shape index (κ2) is 5.62. The van der Waals surface area contributed by atoms with Crippen molar-refractivity contribution in [2.75, 3.05) is 5.32 Å². The highest BCUT2D eigenvalue weighted by Crippen LogP contribution is 2.29. The van der Waals surface area contributed by atoms with E-state index in [1.165, 1.54) is 0 Å². The molecule has 10 heteroatoms. The lowest BCUT2D eigenvalue weighted by atomic mass is 10.0. The number of nitrogens with one attached hydrogen (secondary N) is 3. The molecule has 2 aromatic carbocycles. The van der Waals surface area contributed by atoms with Gasteiger partial charge in [-0.2, -0.15) is 5.10 Å². The Hall–Kier alpha value is -3.82. The van der Waals surface area contributed by atoms with Crippen molar-refractivity contribution in [3.63, 3.8) is 0 Å². The van der Waals surface area contributed by atoms with E-state index < -0.39 is 28.7 Å². The van der Waals surface area contributed by atoms with Crippen LogP contribution in [0, 0.1) is 11.6 Å². The molecule has 0 fully saturated rings. The lowest BCUT2D eigenvalue weighted by Crippen LogP contribution is -2.12. The van der Waals surface area contributed by atoms with Gasteiger partial charge in [-0.3, -0.25) is 10.1 Å². The quantitative estimate of drug-likeness (QED) is 0.439. The van der Waals surface area contributed by atoms with Crippen LogP contribution in [0.4, 0.5) is 19.5 Å². The molecule has 2 aromatic heterocycles. The van der Waals surface area contributed by atoms with E-state index in [-0.39, 0.29) is 17.0 Å². The van der Waals surface area contributed by atoms with Crippen LogP contribution in [-0.2, 0) is 0 Å². The van der Waals surface area contributed by atoms with Crippen LogP contribution in [0.3, 0.4) is 0 Å². The molecular weight excluding hydrogens is 348 g/mol. The lowest BCUT2D eigenvalue weighted by Gasteiger charge is -2.07. The van der Waals surface area contributed by atoms with E-state index in [1.807, 2.05) is 0 Å². The van der Waals surface area contributed by atoms with Gasteiger partial charge in [-0.05, 0) is 24.3 Å². The van der Waals surface area contributed by atoms with Crippen molar-refractivity contribution < 1.29 is 18.7 Å². The zero-order chi connectivity index (χ0) is 18.4. The zero-order valence-electron chi connectivity index (χ0n) is 12.8. The van der Waals surface area contributed by atoms with Gasteiger partial charge in [-0.15, -0.1) is 0 Å². The minimum Gasteiger partial charge on any atom is -0.465 e. The van der Waals surface area contributed by atoms with E-state index in [9.17, 15) is 18.4 Å². The maximum atomic E-state index is 14.3. The minimum atomic E-state index is -1.28. The first kappa shape index (κ1) is 15.7. The van der Waals surface area contributed by atoms with Gasteiger partial charge in [0.1, 0.15) is 17.3 Å². The van der Waals surface area contributed by atoms with Crippen molar-refractivity contribution in [3.05, 3.63) is 52.3 Å². The highest BCUT2D eigenvalue weighted by Gasteiger charge is 2.17. The first-order chi connectivity index (χ1) is 12.4. The molecule has 0 saturated heterocycles. The summed E-state index contributed by atoms with van der Waals surface area (Å²) in [5.74, 6) is -1.63. The highest BCUT2D eigenvalue weighted by atomic mass is 19.1. The lowest BCUT2D eigenvalue weighted by molar-refractivity contribution is 0.209. The summed E-state index contributed by atoms with van der Waals surface area (Å²) < 4.78 is 28.3. The predicted molar refractivity (Wildman–Crippen MR) is 89.0 cm³/mol. The van der Waals surface area contributed by atoms with Crippen molar-refractivity contribution in [1.82, 2.24) is 20.2 Å². The smallest absolute Gasteiger partial charge is 0.411 e. The maximum absolute atomic E-state index is 14.3. The standard InChI is InChI=1S/C16H9F2N5O3/c17-7-2-3-8(18)12-11(7)13(22-23-14(12)24)6-1-4-9-10(5-6)20-15(19-9)21-16(25)26/h1-5H,(H,23,24)(H,25,26)(H2,19,20,21). The third-order valence-corrected chi connectivity index (χ3v) is 3.82. The number of fused-ring (bicyclic) bond motifs is 2. The fraction of sp³-hybridized carbons (Fsp3) is 0. The Kier molecular flexibility index (Phi) is 3.39. The minimum absolute atomic E-state index is 0.0150. The number of anilines is 1. The summed E-state index contributed by atoms with van der Waals surface area (Å²) in [6, 6.07) is 6.45. The number of aromatic nitrogens is 4. The number of carboxylic acid groups (broad SMARTS) is 1. The largest absolute Gasteiger partial charge is 0.465 e. The normalized spacial score (nSPS) is 11.2. The summed E-state index contributed by atoms with van der Waals surface area (Å²) in [5.41, 5.74) is 0.494. The zero-order valence-corrected chi connectivity index (χ0v) is 12.8. The van der Waals surface area contributed by atoms with Crippen molar-refractivity contribution in [2.24, 2.45) is 0 Å². The number of rotatable bonds is 2. The maximum Gasteiger partial charge on any atom is 0.411 e. The second-order valence-corrected chi connectivity index (χ2v) is 5.43. The van der Waals surface area contributed by atoms with Crippen LogP contribution in [0.1, 0.15) is 0 Å². The molecule has 0 atom stereocenters. The third kappa shape index (κ3) is 2.44. The van der Waals surface area contributed by atoms with Crippen molar-refractivity contribution >= 4 is 33.8 Å². The molecule has 2 heterocycles. The van der Waals surface area contributed by atoms with E-state index in [0.29, 0.717) is 16.6 Å². The Morgan fingerprint density at radius 2 is 1.85 bits per heavy atom. The number of H-pyrrole nitrogens is 2. The summed E-state index contributed by atoms with van der Waals surface area (Å²) in [6.45, 7) is 0. The van der Waals surface area contributed by atoms with Crippen LogP contribution in [-0.4, -0.2) is 31.4 Å². The number of hydrogen-bond acceptors (Lipinski definition) is 4.